The Kier molecular flexibility index (Phi) is 5.78. The van der Waals surface area contributed by atoms with E-state index in [0.717, 1.165) is 66.6 Å². The van der Waals surface area contributed by atoms with Crippen LogP contribution in [0.1, 0.15) is 25.0 Å². The molecule has 1 aliphatic rings. The Bertz CT molecular complexity index is 2450. The molecule has 0 N–H and O–H groups in total. The summed E-state index contributed by atoms with van der Waals surface area (Å²) in [6.45, 7) is 4.50. The van der Waals surface area contributed by atoms with Crippen LogP contribution in [0.4, 0.5) is 0 Å². The van der Waals surface area contributed by atoms with E-state index in [9.17, 15) is 0 Å². The number of furan rings is 1. The number of aromatic nitrogens is 4. The fourth-order valence-corrected chi connectivity index (χ4v) is 7.02. The van der Waals surface area contributed by atoms with Gasteiger partial charge in [0.25, 0.3) is 0 Å². The fraction of sp³-hybridized carbons (Fsp3) is 0.0732. The van der Waals surface area contributed by atoms with Crippen molar-refractivity contribution in [2.24, 2.45) is 0 Å². The van der Waals surface area contributed by atoms with Crippen molar-refractivity contribution >= 4 is 21.9 Å². The zero-order valence-electron chi connectivity index (χ0n) is 25.4. The predicted octanol–water partition coefficient (Wildman–Crippen LogP) is 10.1. The highest BCUT2D eigenvalue weighted by Crippen LogP contribution is 2.50. The Morgan fingerprint density at radius 2 is 1.20 bits per heavy atom. The van der Waals surface area contributed by atoms with Gasteiger partial charge in [0.2, 0.25) is 0 Å². The number of hydrogen-bond acceptors (Lipinski definition) is 5. The van der Waals surface area contributed by atoms with Gasteiger partial charge in [-0.15, -0.1) is 0 Å². The van der Waals surface area contributed by atoms with Crippen LogP contribution in [0.25, 0.3) is 78.5 Å². The van der Waals surface area contributed by atoms with E-state index < -0.39 is 0 Å². The molecule has 9 rings (SSSR count). The van der Waals surface area contributed by atoms with Crippen LogP contribution in [0.3, 0.4) is 0 Å². The highest BCUT2D eigenvalue weighted by Gasteiger charge is 2.39. The van der Waals surface area contributed by atoms with Crippen molar-refractivity contribution in [1.82, 2.24) is 19.9 Å². The molecule has 0 aliphatic heterocycles. The molecule has 46 heavy (non-hydrogen) atoms. The van der Waals surface area contributed by atoms with Crippen molar-refractivity contribution in [1.29, 1.82) is 0 Å². The quantitative estimate of drug-likeness (QED) is 0.203. The number of pyridine rings is 1. The van der Waals surface area contributed by atoms with Gasteiger partial charge in [-0.05, 0) is 46.5 Å². The fourth-order valence-electron chi connectivity index (χ4n) is 7.02. The lowest BCUT2D eigenvalue weighted by atomic mass is 9.80. The Morgan fingerprint density at radius 3 is 2.00 bits per heavy atom. The SMILES string of the molecule is CC1(C)c2ccccc2-c2nccc(-c3nc(-c4ccccc4)nc(-c4ccc5c(c4)oc4cccc(-c6ccccc6)c45)n3)c21. The average Bonchev–Trinajstić information content (AvgIpc) is 3.60. The van der Waals surface area contributed by atoms with Gasteiger partial charge in [0, 0.05) is 44.6 Å². The summed E-state index contributed by atoms with van der Waals surface area (Å²) >= 11 is 0. The van der Waals surface area contributed by atoms with Gasteiger partial charge in [0.15, 0.2) is 17.5 Å². The van der Waals surface area contributed by atoms with E-state index in [4.69, 9.17) is 24.4 Å². The molecule has 0 spiro atoms. The summed E-state index contributed by atoms with van der Waals surface area (Å²) in [6, 6.07) is 43.6. The maximum absolute atomic E-state index is 6.45. The molecule has 0 saturated heterocycles. The molecule has 0 unspecified atom stereocenters. The van der Waals surface area contributed by atoms with E-state index in [1.165, 1.54) is 5.56 Å². The lowest BCUT2D eigenvalue weighted by Crippen LogP contribution is -2.17. The van der Waals surface area contributed by atoms with E-state index >= 15 is 0 Å². The van der Waals surface area contributed by atoms with Crippen LogP contribution in [-0.4, -0.2) is 19.9 Å². The van der Waals surface area contributed by atoms with E-state index in [1.54, 1.807) is 0 Å². The normalized spacial score (nSPS) is 13.2. The van der Waals surface area contributed by atoms with Gasteiger partial charge >= 0.3 is 0 Å². The molecule has 218 valence electrons. The summed E-state index contributed by atoms with van der Waals surface area (Å²) in [7, 11) is 0. The van der Waals surface area contributed by atoms with Gasteiger partial charge in [-0.1, -0.05) is 117 Å². The number of hydrogen-bond donors (Lipinski definition) is 0. The van der Waals surface area contributed by atoms with Gasteiger partial charge < -0.3 is 4.42 Å². The number of nitrogens with zero attached hydrogens (tertiary/aromatic N) is 4. The summed E-state index contributed by atoms with van der Waals surface area (Å²) in [5.74, 6) is 1.84. The van der Waals surface area contributed by atoms with E-state index in [2.05, 4.69) is 86.6 Å². The van der Waals surface area contributed by atoms with Crippen LogP contribution in [0.15, 0.2) is 138 Å². The van der Waals surface area contributed by atoms with Gasteiger partial charge in [-0.25, -0.2) is 15.0 Å². The molecule has 5 heteroatoms. The molecule has 0 bridgehead atoms. The first-order chi connectivity index (χ1) is 22.6. The minimum absolute atomic E-state index is 0.265. The molecule has 3 heterocycles. The first-order valence-corrected chi connectivity index (χ1v) is 15.5. The highest BCUT2D eigenvalue weighted by molar-refractivity contribution is 6.13. The smallest absolute Gasteiger partial charge is 0.164 e. The highest BCUT2D eigenvalue weighted by atomic mass is 16.3. The Hall–Kier alpha value is -5.94. The maximum atomic E-state index is 6.45. The summed E-state index contributed by atoms with van der Waals surface area (Å²) < 4.78 is 6.45. The average molecular weight is 593 g/mol. The second-order valence-electron chi connectivity index (χ2n) is 12.3. The maximum Gasteiger partial charge on any atom is 0.164 e. The van der Waals surface area contributed by atoms with Crippen molar-refractivity contribution in [2.45, 2.75) is 19.3 Å². The topological polar surface area (TPSA) is 64.7 Å². The molecule has 0 amide bonds. The molecule has 0 radical (unpaired) electrons. The molecule has 0 fully saturated rings. The summed E-state index contributed by atoms with van der Waals surface area (Å²) in [6.07, 6.45) is 1.86. The van der Waals surface area contributed by atoms with Crippen molar-refractivity contribution in [3.8, 4) is 56.5 Å². The summed E-state index contributed by atoms with van der Waals surface area (Å²) in [4.78, 5) is 20.1. The molecular weight excluding hydrogens is 564 g/mol. The molecule has 1 aliphatic carbocycles. The van der Waals surface area contributed by atoms with Gasteiger partial charge in [-0.2, -0.15) is 0 Å². The molecule has 0 atom stereocenters. The monoisotopic (exact) mass is 592 g/mol. The number of fused-ring (bicyclic) bond motifs is 6. The Morgan fingerprint density at radius 1 is 0.522 bits per heavy atom. The molecule has 8 aromatic rings. The van der Waals surface area contributed by atoms with E-state index in [-0.39, 0.29) is 5.41 Å². The zero-order valence-corrected chi connectivity index (χ0v) is 25.4. The Labute approximate surface area is 266 Å². The summed E-state index contributed by atoms with van der Waals surface area (Å²) in [5.41, 5.74) is 11.0. The lowest BCUT2D eigenvalue weighted by molar-refractivity contribution is 0.660. The predicted molar refractivity (Wildman–Crippen MR) is 184 cm³/mol. The second kappa shape index (κ2) is 10.0. The van der Waals surface area contributed by atoms with Gasteiger partial charge in [0.1, 0.15) is 11.2 Å². The third-order valence-electron chi connectivity index (χ3n) is 9.18. The van der Waals surface area contributed by atoms with Crippen LogP contribution < -0.4 is 0 Å². The first-order valence-electron chi connectivity index (χ1n) is 15.5. The van der Waals surface area contributed by atoms with Crippen LogP contribution in [0, 0.1) is 0 Å². The van der Waals surface area contributed by atoms with Crippen LogP contribution in [-0.2, 0) is 5.41 Å². The molecule has 3 aromatic heterocycles. The van der Waals surface area contributed by atoms with Crippen molar-refractivity contribution in [3.05, 3.63) is 145 Å². The third-order valence-corrected chi connectivity index (χ3v) is 9.18. The van der Waals surface area contributed by atoms with Crippen molar-refractivity contribution in [3.63, 3.8) is 0 Å². The van der Waals surface area contributed by atoms with Crippen molar-refractivity contribution < 1.29 is 4.42 Å². The van der Waals surface area contributed by atoms with Gasteiger partial charge in [-0.3, -0.25) is 4.98 Å². The van der Waals surface area contributed by atoms with E-state index in [0.29, 0.717) is 17.5 Å². The van der Waals surface area contributed by atoms with Crippen molar-refractivity contribution in [2.75, 3.05) is 0 Å². The summed E-state index contributed by atoms with van der Waals surface area (Å²) in [5, 5.41) is 2.16. The second-order valence-corrected chi connectivity index (χ2v) is 12.3. The van der Waals surface area contributed by atoms with Gasteiger partial charge in [0.05, 0.1) is 5.69 Å². The molecule has 5 aromatic carbocycles. The first kappa shape index (κ1) is 26.5. The standard InChI is InChI=1S/C41H28N4O/c1-41(2)32-18-10-9-16-29(32)37-36(41)31(22-23-42-37)40-44-38(26-14-7-4-8-15-26)43-39(45-40)27-20-21-30-34(24-27)46-33-19-11-17-28(35(30)33)25-12-5-3-6-13-25/h3-24H,1-2H3. The van der Waals surface area contributed by atoms with E-state index in [1.807, 2.05) is 60.8 Å². The number of benzene rings is 5. The molecular formula is C41H28N4O. The van der Waals surface area contributed by atoms with Crippen LogP contribution >= 0.6 is 0 Å². The minimum atomic E-state index is -0.265. The molecule has 5 nitrogen and oxygen atoms in total. The molecule has 0 saturated carbocycles. The zero-order chi connectivity index (χ0) is 30.8. The lowest BCUT2D eigenvalue weighted by Gasteiger charge is -2.23. The number of rotatable bonds is 4. The minimum Gasteiger partial charge on any atom is -0.456 e. The largest absolute Gasteiger partial charge is 0.456 e. The van der Waals surface area contributed by atoms with Crippen LogP contribution in [0.2, 0.25) is 0 Å². The third kappa shape index (κ3) is 4.02. The van der Waals surface area contributed by atoms with Crippen LogP contribution in [0.5, 0.6) is 0 Å². The Balaban J connectivity index is 1.25.